The van der Waals surface area contributed by atoms with Crippen LogP contribution in [0.4, 0.5) is 20.9 Å². The highest BCUT2D eigenvalue weighted by molar-refractivity contribution is 7.17. The van der Waals surface area contributed by atoms with Crippen molar-refractivity contribution in [3.63, 3.8) is 0 Å². The molecule has 0 unspecified atom stereocenters. The molecule has 3 aromatic rings. The number of nitrogens with zero attached hydrogens (tertiary/aromatic N) is 1. The molecule has 0 spiro atoms. The normalized spacial score (nSPS) is 10.7. The summed E-state index contributed by atoms with van der Waals surface area (Å²) >= 11 is 7.02. The lowest BCUT2D eigenvalue weighted by Gasteiger charge is -2.10. The first-order valence-corrected chi connectivity index (χ1v) is 9.11. The molecule has 0 aliphatic rings. The van der Waals surface area contributed by atoms with E-state index in [1.165, 1.54) is 23.5 Å². The van der Waals surface area contributed by atoms with Gasteiger partial charge in [0.15, 0.2) is 5.13 Å². The van der Waals surface area contributed by atoms with Crippen LogP contribution in [-0.4, -0.2) is 10.9 Å². The topological polar surface area (TPSA) is 54.0 Å². The van der Waals surface area contributed by atoms with Crippen LogP contribution in [-0.2, 0) is 0 Å². The maximum atomic E-state index is 13.3. The Morgan fingerprint density at radius 3 is 2.50 bits per heavy atom. The summed E-state index contributed by atoms with van der Waals surface area (Å²) in [7, 11) is 0. The Balaban J connectivity index is 1.81. The molecule has 0 fully saturated rings. The summed E-state index contributed by atoms with van der Waals surface area (Å²) in [6, 6.07) is 10.2. The van der Waals surface area contributed by atoms with Crippen LogP contribution in [0, 0.1) is 26.6 Å². The predicted octanol–water partition coefficient (Wildman–Crippen LogP) is 5.86. The number of para-hydroxylation sites is 1. The summed E-state index contributed by atoms with van der Waals surface area (Å²) in [5.74, 6) is -0.691. The van der Waals surface area contributed by atoms with Crippen molar-refractivity contribution in [2.75, 3.05) is 10.6 Å². The van der Waals surface area contributed by atoms with Gasteiger partial charge in [-0.1, -0.05) is 41.1 Å². The number of hydrogen-bond acceptors (Lipinski definition) is 4. The zero-order valence-corrected chi connectivity index (χ0v) is 16.1. The highest BCUT2D eigenvalue weighted by Gasteiger charge is 2.17. The molecule has 0 saturated carbocycles. The first kappa shape index (κ1) is 18.4. The number of amides is 1. The smallest absolute Gasteiger partial charge is 0.267 e. The van der Waals surface area contributed by atoms with E-state index in [4.69, 9.17) is 11.6 Å². The number of rotatable bonds is 4. The van der Waals surface area contributed by atoms with Crippen LogP contribution in [0.2, 0.25) is 5.02 Å². The molecular weight excluding hydrogens is 373 g/mol. The van der Waals surface area contributed by atoms with E-state index in [1.807, 2.05) is 32.0 Å². The Labute approximate surface area is 160 Å². The second-order valence-electron chi connectivity index (χ2n) is 5.91. The van der Waals surface area contributed by atoms with Gasteiger partial charge in [0.25, 0.3) is 5.91 Å². The number of carbonyl (C=O) groups excluding carboxylic acids is 1. The summed E-state index contributed by atoms with van der Waals surface area (Å²) in [5.41, 5.74) is 4.03. The third-order valence-corrected chi connectivity index (χ3v) is 5.25. The summed E-state index contributed by atoms with van der Waals surface area (Å²) in [5, 5.41) is 6.58. The number of carbonyl (C=O) groups is 1. The van der Waals surface area contributed by atoms with E-state index in [0.717, 1.165) is 16.8 Å². The Morgan fingerprint density at radius 2 is 1.85 bits per heavy atom. The number of halogens is 2. The number of aromatic nitrogens is 1. The van der Waals surface area contributed by atoms with Gasteiger partial charge in [0.1, 0.15) is 10.7 Å². The maximum Gasteiger partial charge on any atom is 0.267 e. The van der Waals surface area contributed by atoms with Crippen LogP contribution >= 0.6 is 22.9 Å². The van der Waals surface area contributed by atoms with Crippen LogP contribution in [0.3, 0.4) is 0 Å². The van der Waals surface area contributed by atoms with Crippen LogP contribution in [0.15, 0.2) is 36.4 Å². The SMILES string of the molecule is Cc1cccc(C)c1NC(=O)c1sc(Nc2ccc(F)c(Cl)c2)nc1C. The summed E-state index contributed by atoms with van der Waals surface area (Å²) in [6.45, 7) is 5.68. The van der Waals surface area contributed by atoms with Gasteiger partial charge in [0.2, 0.25) is 0 Å². The second kappa shape index (κ2) is 7.43. The molecule has 0 bridgehead atoms. The Morgan fingerprint density at radius 1 is 1.15 bits per heavy atom. The van der Waals surface area contributed by atoms with E-state index in [-0.39, 0.29) is 10.9 Å². The first-order valence-electron chi connectivity index (χ1n) is 7.92. The van der Waals surface area contributed by atoms with E-state index < -0.39 is 5.82 Å². The molecule has 4 nitrogen and oxygen atoms in total. The average molecular weight is 390 g/mol. The lowest BCUT2D eigenvalue weighted by molar-refractivity contribution is 0.102. The van der Waals surface area contributed by atoms with Crippen LogP contribution in [0.1, 0.15) is 26.5 Å². The van der Waals surface area contributed by atoms with Crippen molar-refractivity contribution >= 4 is 45.4 Å². The molecule has 1 aromatic heterocycles. The zero-order chi connectivity index (χ0) is 18.8. The Kier molecular flexibility index (Phi) is 5.25. The van der Waals surface area contributed by atoms with E-state index in [0.29, 0.717) is 21.4 Å². The van der Waals surface area contributed by atoms with Crippen LogP contribution in [0.5, 0.6) is 0 Å². The standard InChI is InChI=1S/C19H17ClFN3OS/c1-10-5-4-6-11(2)16(10)24-18(25)17-12(3)22-19(26-17)23-13-7-8-15(21)14(20)9-13/h4-9H,1-3H3,(H,22,23)(H,24,25). The van der Waals surface area contributed by atoms with Gasteiger partial charge in [-0.05, 0) is 50.1 Å². The quantitative estimate of drug-likeness (QED) is 0.587. The molecule has 0 atom stereocenters. The minimum absolute atomic E-state index is 0.0243. The summed E-state index contributed by atoms with van der Waals surface area (Å²) in [4.78, 5) is 17.6. The van der Waals surface area contributed by atoms with E-state index in [2.05, 4.69) is 15.6 Å². The van der Waals surface area contributed by atoms with Crippen molar-refractivity contribution in [2.45, 2.75) is 20.8 Å². The largest absolute Gasteiger partial charge is 0.331 e. The molecule has 2 aromatic carbocycles. The molecule has 0 aliphatic heterocycles. The lowest BCUT2D eigenvalue weighted by Crippen LogP contribution is -2.13. The summed E-state index contributed by atoms with van der Waals surface area (Å²) < 4.78 is 13.3. The number of hydrogen-bond donors (Lipinski definition) is 2. The van der Waals surface area contributed by atoms with Gasteiger partial charge in [-0.2, -0.15) is 0 Å². The molecule has 0 saturated heterocycles. The molecule has 0 radical (unpaired) electrons. The lowest BCUT2D eigenvalue weighted by atomic mass is 10.1. The third-order valence-electron chi connectivity index (χ3n) is 3.89. The van der Waals surface area contributed by atoms with Gasteiger partial charge in [-0.25, -0.2) is 9.37 Å². The average Bonchev–Trinajstić information content (AvgIpc) is 2.95. The van der Waals surface area contributed by atoms with Crippen molar-refractivity contribution in [2.24, 2.45) is 0 Å². The highest BCUT2D eigenvalue weighted by Crippen LogP contribution is 2.29. The van der Waals surface area contributed by atoms with Gasteiger partial charge in [0, 0.05) is 11.4 Å². The van der Waals surface area contributed by atoms with Crippen molar-refractivity contribution in [3.8, 4) is 0 Å². The van der Waals surface area contributed by atoms with Gasteiger partial charge >= 0.3 is 0 Å². The fourth-order valence-electron chi connectivity index (χ4n) is 2.54. The molecule has 7 heteroatoms. The van der Waals surface area contributed by atoms with Crippen LogP contribution < -0.4 is 10.6 Å². The minimum Gasteiger partial charge on any atom is -0.331 e. The predicted molar refractivity (Wildman–Crippen MR) is 105 cm³/mol. The zero-order valence-electron chi connectivity index (χ0n) is 14.5. The van der Waals surface area contributed by atoms with Gasteiger partial charge in [0.05, 0.1) is 10.7 Å². The van der Waals surface area contributed by atoms with Gasteiger partial charge < -0.3 is 10.6 Å². The monoisotopic (exact) mass is 389 g/mol. The van der Waals surface area contributed by atoms with Crippen LogP contribution in [0.25, 0.3) is 0 Å². The number of aryl methyl sites for hydroxylation is 3. The van der Waals surface area contributed by atoms with E-state index >= 15 is 0 Å². The first-order chi connectivity index (χ1) is 12.3. The fraction of sp³-hybridized carbons (Fsp3) is 0.158. The number of benzene rings is 2. The van der Waals surface area contributed by atoms with Crippen molar-refractivity contribution in [3.05, 3.63) is 68.9 Å². The van der Waals surface area contributed by atoms with Crippen molar-refractivity contribution in [1.29, 1.82) is 0 Å². The maximum absolute atomic E-state index is 13.3. The minimum atomic E-state index is -0.485. The Hall–Kier alpha value is -2.44. The van der Waals surface area contributed by atoms with Gasteiger partial charge in [-0.3, -0.25) is 4.79 Å². The van der Waals surface area contributed by atoms with Gasteiger partial charge in [-0.15, -0.1) is 0 Å². The summed E-state index contributed by atoms with van der Waals surface area (Å²) in [6.07, 6.45) is 0. The molecule has 1 amide bonds. The molecule has 2 N–H and O–H groups in total. The number of anilines is 3. The van der Waals surface area contributed by atoms with Crippen molar-refractivity contribution < 1.29 is 9.18 Å². The molecule has 1 heterocycles. The van der Waals surface area contributed by atoms with E-state index in [9.17, 15) is 9.18 Å². The number of thiazole rings is 1. The molecule has 134 valence electrons. The number of nitrogens with one attached hydrogen (secondary N) is 2. The molecule has 26 heavy (non-hydrogen) atoms. The molecule has 3 rings (SSSR count). The fourth-order valence-corrected chi connectivity index (χ4v) is 3.60. The Bertz CT molecular complexity index is 967. The molecule has 0 aliphatic carbocycles. The third kappa shape index (κ3) is 3.86. The highest BCUT2D eigenvalue weighted by atomic mass is 35.5. The molecular formula is C19H17ClFN3OS. The van der Waals surface area contributed by atoms with E-state index in [1.54, 1.807) is 13.0 Å². The second-order valence-corrected chi connectivity index (χ2v) is 7.31. The van der Waals surface area contributed by atoms with Crippen molar-refractivity contribution in [1.82, 2.24) is 4.98 Å².